The standard InChI is InChI=1S/C19H25N3O3/c1-2-16-12-17(25-21-16)18(23)20-13-14-6-8-15(9-7-14)19(24)22-10-4-3-5-11-22/h6-9,17H,2-5,10-13H2,1H3,(H,20,23)/t17-/m1/s1. The molecule has 134 valence electrons. The van der Waals surface area contributed by atoms with E-state index in [1.54, 1.807) is 0 Å². The van der Waals surface area contributed by atoms with E-state index < -0.39 is 6.10 Å². The first kappa shape index (κ1) is 17.5. The summed E-state index contributed by atoms with van der Waals surface area (Å²) in [4.78, 5) is 31.6. The highest BCUT2D eigenvalue weighted by atomic mass is 16.6. The number of carbonyl (C=O) groups excluding carboxylic acids is 2. The monoisotopic (exact) mass is 343 g/mol. The van der Waals surface area contributed by atoms with Crippen molar-refractivity contribution in [3.8, 4) is 0 Å². The zero-order valence-electron chi connectivity index (χ0n) is 14.7. The van der Waals surface area contributed by atoms with Crippen molar-refractivity contribution >= 4 is 17.5 Å². The number of amides is 2. The lowest BCUT2D eigenvalue weighted by Crippen LogP contribution is -2.35. The van der Waals surface area contributed by atoms with Crippen molar-refractivity contribution < 1.29 is 14.4 Å². The molecule has 0 unspecified atom stereocenters. The van der Waals surface area contributed by atoms with Gasteiger partial charge in [-0.05, 0) is 43.4 Å². The van der Waals surface area contributed by atoms with Gasteiger partial charge in [-0.15, -0.1) is 0 Å². The maximum absolute atomic E-state index is 12.4. The molecule has 0 aromatic heterocycles. The first-order chi connectivity index (χ1) is 12.2. The van der Waals surface area contributed by atoms with Gasteiger partial charge in [-0.3, -0.25) is 9.59 Å². The first-order valence-electron chi connectivity index (χ1n) is 9.05. The minimum Gasteiger partial charge on any atom is -0.382 e. The topological polar surface area (TPSA) is 71.0 Å². The molecule has 2 heterocycles. The molecule has 1 N–H and O–H groups in total. The van der Waals surface area contributed by atoms with Gasteiger partial charge in [0.15, 0.2) is 0 Å². The second-order valence-electron chi connectivity index (χ2n) is 6.58. The van der Waals surface area contributed by atoms with Crippen molar-refractivity contribution in [2.75, 3.05) is 13.1 Å². The van der Waals surface area contributed by atoms with Crippen LogP contribution in [0.2, 0.25) is 0 Å². The van der Waals surface area contributed by atoms with E-state index in [4.69, 9.17) is 4.84 Å². The Morgan fingerprint density at radius 2 is 1.92 bits per heavy atom. The summed E-state index contributed by atoms with van der Waals surface area (Å²) >= 11 is 0. The van der Waals surface area contributed by atoms with Crippen LogP contribution in [-0.4, -0.2) is 41.6 Å². The molecule has 1 aromatic rings. The molecule has 0 saturated carbocycles. The number of nitrogens with one attached hydrogen (secondary N) is 1. The Labute approximate surface area is 148 Å². The molecular weight excluding hydrogens is 318 g/mol. The fourth-order valence-electron chi connectivity index (χ4n) is 3.12. The zero-order chi connectivity index (χ0) is 17.6. The van der Waals surface area contributed by atoms with E-state index in [0.29, 0.717) is 18.5 Å². The molecule has 0 bridgehead atoms. The average molecular weight is 343 g/mol. The summed E-state index contributed by atoms with van der Waals surface area (Å²) in [7, 11) is 0. The third-order valence-electron chi connectivity index (χ3n) is 4.74. The van der Waals surface area contributed by atoms with Crippen molar-refractivity contribution in [1.82, 2.24) is 10.2 Å². The Bertz CT molecular complexity index is 648. The number of carbonyl (C=O) groups is 2. The highest BCUT2D eigenvalue weighted by Crippen LogP contribution is 2.15. The highest BCUT2D eigenvalue weighted by molar-refractivity contribution is 5.94. The molecule has 0 aliphatic carbocycles. The van der Waals surface area contributed by atoms with Crippen molar-refractivity contribution in [1.29, 1.82) is 0 Å². The summed E-state index contributed by atoms with van der Waals surface area (Å²) in [5, 5.41) is 6.77. The third kappa shape index (κ3) is 4.38. The van der Waals surface area contributed by atoms with Crippen LogP contribution in [0.4, 0.5) is 0 Å². The molecule has 25 heavy (non-hydrogen) atoms. The molecule has 2 amide bonds. The average Bonchev–Trinajstić information content (AvgIpc) is 3.16. The van der Waals surface area contributed by atoms with Gasteiger partial charge in [-0.2, -0.15) is 0 Å². The largest absolute Gasteiger partial charge is 0.382 e. The lowest BCUT2D eigenvalue weighted by Gasteiger charge is -2.26. The number of hydrogen-bond acceptors (Lipinski definition) is 4. The number of oxime groups is 1. The van der Waals surface area contributed by atoms with Crippen LogP contribution in [-0.2, 0) is 16.2 Å². The summed E-state index contributed by atoms with van der Waals surface area (Å²) in [6.45, 7) is 4.10. The van der Waals surface area contributed by atoms with Gasteiger partial charge in [0.05, 0.1) is 5.71 Å². The van der Waals surface area contributed by atoms with Crippen molar-refractivity contribution in [2.24, 2.45) is 5.16 Å². The molecule has 1 aromatic carbocycles. The predicted octanol–water partition coefficient (Wildman–Crippen LogP) is 2.48. The van der Waals surface area contributed by atoms with Gasteiger partial charge in [-0.25, -0.2) is 0 Å². The molecular formula is C19H25N3O3. The number of likely N-dealkylation sites (tertiary alicyclic amines) is 1. The lowest BCUT2D eigenvalue weighted by atomic mass is 10.1. The molecule has 1 atom stereocenters. The van der Waals surface area contributed by atoms with E-state index in [1.807, 2.05) is 36.1 Å². The molecule has 2 aliphatic rings. The van der Waals surface area contributed by atoms with Gasteiger partial charge < -0.3 is 15.1 Å². The van der Waals surface area contributed by atoms with Gasteiger partial charge in [0.25, 0.3) is 11.8 Å². The smallest absolute Gasteiger partial charge is 0.264 e. The van der Waals surface area contributed by atoms with Gasteiger partial charge in [-0.1, -0.05) is 24.2 Å². The molecule has 6 heteroatoms. The Kier molecular flexibility index (Phi) is 5.68. The van der Waals surface area contributed by atoms with E-state index in [1.165, 1.54) is 6.42 Å². The summed E-state index contributed by atoms with van der Waals surface area (Å²) in [5.74, 6) is -0.0560. The summed E-state index contributed by atoms with van der Waals surface area (Å²) in [5.41, 5.74) is 2.58. The lowest BCUT2D eigenvalue weighted by molar-refractivity contribution is -0.131. The zero-order valence-corrected chi connectivity index (χ0v) is 14.7. The minimum absolute atomic E-state index is 0.0962. The Morgan fingerprint density at radius 3 is 2.56 bits per heavy atom. The van der Waals surface area contributed by atoms with Crippen LogP contribution in [0.25, 0.3) is 0 Å². The minimum atomic E-state index is -0.519. The molecule has 0 spiro atoms. The van der Waals surface area contributed by atoms with Crippen molar-refractivity contribution in [2.45, 2.75) is 51.7 Å². The Morgan fingerprint density at radius 1 is 1.20 bits per heavy atom. The van der Waals surface area contributed by atoms with E-state index >= 15 is 0 Å². The van der Waals surface area contributed by atoms with E-state index in [2.05, 4.69) is 10.5 Å². The molecule has 0 radical (unpaired) electrons. The summed E-state index contributed by atoms with van der Waals surface area (Å²) < 4.78 is 0. The van der Waals surface area contributed by atoms with E-state index in [-0.39, 0.29) is 11.8 Å². The third-order valence-corrected chi connectivity index (χ3v) is 4.74. The van der Waals surface area contributed by atoms with E-state index in [9.17, 15) is 9.59 Å². The molecule has 2 aliphatic heterocycles. The van der Waals surface area contributed by atoms with Gasteiger partial charge in [0, 0.05) is 31.6 Å². The van der Waals surface area contributed by atoms with Crippen LogP contribution in [0.3, 0.4) is 0 Å². The van der Waals surface area contributed by atoms with Gasteiger partial charge in [0.2, 0.25) is 6.10 Å². The number of piperidine rings is 1. The van der Waals surface area contributed by atoms with Crippen molar-refractivity contribution in [3.05, 3.63) is 35.4 Å². The molecule has 1 fully saturated rings. The van der Waals surface area contributed by atoms with E-state index in [0.717, 1.165) is 43.6 Å². The van der Waals surface area contributed by atoms with Crippen LogP contribution in [0.5, 0.6) is 0 Å². The molecule has 3 rings (SSSR count). The Balaban J connectivity index is 1.49. The second kappa shape index (κ2) is 8.14. The van der Waals surface area contributed by atoms with Gasteiger partial charge in [0.1, 0.15) is 0 Å². The quantitative estimate of drug-likeness (QED) is 0.893. The van der Waals surface area contributed by atoms with Crippen LogP contribution >= 0.6 is 0 Å². The van der Waals surface area contributed by atoms with Crippen LogP contribution in [0.15, 0.2) is 29.4 Å². The number of nitrogens with zero attached hydrogens (tertiary/aromatic N) is 2. The number of hydrogen-bond donors (Lipinski definition) is 1. The van der Waals surface area contributed by atoms with Crippen LogP contribution in [0.1, 0.15) is 54.9 Å². The van der Waals surface area contributed by atoms with Crippen molar-refractivity contribution in [3.63, 3.8) is 0 Å². The number of rotatable bonds is 5. The SMILES string of the molecule is CCC1=NO[C@@H](C(=O)NCc2ccc(C(=O)N3CCCCC3)cc2)C1. The number of benzene rings is 1. The molecule has 6 nitrogen and oxygen atoms in total. The van der Waals surface area contributed by atoms with Gasteiger partial charge >= 0.3 is 0 Å². The summed E-state index contributed by atoms with van der Waals surface area (Å²) in [6, 6.07) is 7.45. The highest BCUT2D eigenvalue weighted by Gasteiger charge is 2.26. The van der Waals surface area contributed by atoms with Crippen LogP contribution < -0.4 is 5.32 Å². The van der Waals surface area contributed by atoms with Crippen LogP contribution in [0, 0.1) is 0 Å². The fraction of sp³-hybridized carbons (Fsp3) is 0.526. The maximum atomic E-state index is 12.4. The first-order valence-corrected chi connectivity index (χ1v) is 9.05. The maximum Gasteiger partial charge on any atom is 0.264 e. The molecule has 1 saturated heterocycles. The normalized spacial score (nSPS) is 20.0. The fourth-order valence-corrected chi connectivity index (χ4v) is 3.12. The summed E-state index contributed by atoms with van der Waals surface area (Å²) in [6.07, 6.45) is 4.22. The second-order valence-corrected chi connectivity index (χ2v) is 6.58. The Hall–Kier alpha value is -2.37. The predicted molar refractivity (Wildman–Crippen MR) is 95.3 cm³/mol.